The molecule has 0 aliphatic heterocycles. The van der Waals surface area contributed by atoms with E-state index in [1.54, 1.807) is 0 Å². The summed E-state index contributed by atoms with van der Waals surface area (Å²) in [6.07, 6.45) is 8.02. The first-order valence-corrected chi connectivity index (χ1v) is 11.4. The molecular weight excluding hydrogens is 427 g/mol. The molecule has 1 unspecified atom stereocenters. The van der Waals surface area contributed by atoms with E-state index >= 15 is 0 Å². The van der Waals surface area contributed by atoms with Crippen LogP contribution < -0.4 is 10.2 Å². The zero-order chi connectivity index (χ0) is 21.8. The number of benzene rings is 1. The second-order valence-electron chi connectivity index (χ2n) is 7.28. The van der Waals surface area contributed by atoms with Crippen LogP contribution in [0.1, 0.15) is 37.7 Å². The molecular formula is C22H30Cl2N2O4. The van der Waals surface area contributed by atoms with Crippen molar-refractivity contribution in [1.82, 2.24) is 5.32 Å². The summed E-state index contributed by atoms with van der Waals surface area (Å²) in [4.78, 5) is 26.0. The van der Waals surface area contributed by atoms with E-state index in [0.717, 1.165) is 43.4 Å². The van der Waals surface area contributed by atoms with Crippen LogP contribution in [-0.2, 0) is 16.0 Å². The number of hydrogen-bond donors (Lipinski definition) is 2. The monoisotopic (exact) mass is 456 g/mol. The quantitative estimate of drug-likeness (QED) is 0.397. The Kier molecular flexibility index (Phi) is 10.9. The van der Waals surface area contributed by atoms with Crippen LogP contribution in [0.5, 0.6) is 0 Å². The summed E-state index contributed by atoms with van der Waals surface area (Å²) in [5.41, 5.74) is 1.77. The first-order valence-electron chi connectivity index (χ1n) is 10.4. The number of alkyl halides is 2. The van der Waals surface area contributed by atoms with Crippen molar-refractivity contribution >= 4 is 41.0 Å². The summed E-state index contributed by atoms with van der Waals surface area (Å²) >= 11 is 11.7. The molecule has 2 rings (SSSR count). The van der Waals surface area contributed by atoms with Crippen molar-refractivity contribution in [3.63, 3.8) is 0 Å². The van der Waals surface area contributed by atoms with Crippen LogP contribution >= 0.6 is 23.2 Å². The minimum absolute atomic E-state index is 0.163. The maximum atomic E-state index is 12.2. The Labute approximate surface area is 188 Å². The van der Waals surface area contributed by atoms with E-state index in [-0.39, 0.29) is 12.5 Å². The Morgan fingerprint density at radius 3 is 2.47 bits per heavy atom. The highest BCUT2D eigenvalue weighted by Crippen LogP contribution is 2.17. The average molecular weight is 457 g/mol. The van der Waals surface area contributed by atoms with Gasteiger partial charge < -0.3 is 20.1 Å². The van der Waals surface area contributed by atoms with Gasteiger partial charge in [0, 0.05) is 37.0 Å². The maximum Gasteiger partial charge on any atom is 0.408 e. The van der Waals surface area contributed by atoms with Gasteiger partial charge >= 0.3 is 12.1 Å². The van der Waals surface area contributed by atoms with E-state index in [9.17, 15) is 14.7 Å². The van der Waals surface area contributed by atoms with Crippen molar-refractivity contribution in [3.8, 4) is 0 Å². The third kappa shape index (κ3) is 8.44. The van der Waals surface area contributed by atoms with Gasteiger partial charge in [0.2, 0.25) is 0 Å². The van der Waals surface area contributed by atoms with E-state index in [4.69, 9.17) is 27.9 Å². The normalized spacial score (nSPS) is 18.5. The van der Waals surface area contributed by atoms with Gasteiger partial charge in [0.15, 0.2) is 0 Å². The summed E-state index contributed by atoms with van der Waals surface area (Å²) in [6, 6.07) is 6.45. The smallest absolute Gasteiger partial charge is 0.408 e. The van der Waals surface area contributed by atoms with Crippen LogP contribution in [0.2, 0.25) is 0 Å². The predicted octanol–water partition coefficient (Wildman–Crippen LogP) is 4.58. The summed E-state index contributed by atoms with van der Waals surface area (Å²) < 4.78 is 5.42. The number of alkyl carbamates (subject to hydrolysis) is 1. The zero-order valence-electron chi connectivity index (χ0n) is 17.1. The lowest BCUT2D eigenvalue weighted by Crippen LogP contribution is -2.43. The van der Waals surface area contributed by atoms with E-state index in [2.05, 4.69) is 10.2 Å². The molecule has 0 spiro atoms. The van der Waals surface area contributed by atoms with Crippen LogP contribution in [0.4, 0.5) is 10.5 Å². The molecule has 30 heavy (non-hydrogen) atoms. The number of aliphatic carboxylic acids is 1. The number of allylic oxidation sites excluding steroid dienone is 1. The third-order valence-corrected chi connectivity index (χ3v) is 5.35. The number of carbonyl (C=O) groups is 2. The van der Waals surface area contributed by atoms with E-state index in [1.165, 1.54) is 0 Å². The highest BCUT2D eigenvalue weighted by molar-refractivity contribution is 6.18. The number of nitrogens with zero attached hydrogens (tertiary/aromatic N) is 1. The number of nitrogens with one attached hydrogen (secondary N) is 1. The predicted molar refractivity (Wildman–Crippen MR) is 121 cm³/mol. The minimum atomic E-state index is -1.10. The van der Waals surface area contributed by atoms with Crippen molar-refractivity contribution in [2.75, 3.05) is 29.7 Å². The molecule has 0 bridgehead atoms. The standard InChI is InChI=1S/C22H30Cl2N2O4/c23-12-14-26(15-13-24)18-10-8-17(9-11-18)16-20(21(27)28)25-22(29)30-19-6-4-2-1-3-5-7-19/h4,6,8-11,19-20H,1-3,5,7,12-16H2,(H,25,29)(H,27,28)/b6-4+/t19?,20-/m0/s1. The molecule has 0 saturated heterocycles. The molecule has 1 aromatic carbocycles. The van der Waals surface area contributed by atoms with Crippen LogP contribution in [0.3, 0.4) is 0 Å². The van der Waals surface area contributed by atoms with Crippen molar-refractivity contribution in [3.05, 3.63) is 42.0 Å². The first-order chi connectivity index (χ1) is 14.5. The van der Waals surface area contributed by atoms with Gasteiger partial charge in [-0.1, -0.05) is 24.6 Å². The lowest BCUT2D eigenvalue weighted by molar-refractivity contribution is -0.139. The summed E-state index contributed by atoms with van der Waals surface area (Å²) in [5.74, 6) is -0.126. The third-order valence-electron chi connectivity index (χ3n) is 5.01. The largest absolute Gasteiger partial charge is 0.480 e. The molecule has 2 atom stereocenters. The van der Waals surface area contributed by atoms with Gasteiger partial charge in [0.1, 0.15) is 12.1 Å². The molecule has 0 heterocycles. The molecule has 8 heteroatoms. The van der Waals surface area contributed by atoms with Gasteiger partial charge in [-0.3, -0.25) is 0 Å². The Morgan fingerprint density at radius 1 is 1.13 bits per heavy atom. The molecule has 0 saturated carbocycles. The van der Waals surface area contributed by atoms with Gasteiger partial charge in [-0.15, -0.1) is 23.2 Å². The van der Waals surface area contributed by atoms with Crippen molar-refractivity contribution in [2.24, 2.45) is 0 Å². The molecule has 0 fully saturated rings. The fourth-order valence-electron chi connectivity index (χ4n) is 3.39. The van der Waals surface area contributed by atoms with Gasteiger partial charge in [-0.2, -0.15) is 0 Å². The Bertz CT molecular complexity index is 691. The summed E-state index contributed by atoms with van der Waals surface area (Å²) in [6.45, 7) is 1.35. The highest BCUT2D eigenvalue weighted by Gasteiger charge is 2.23. The number of rotatable bonds is 10. The summed E-state index contributed by atoms with van der Waals surface area (Å²) in [7, 11) is 0. The van der Waals surface area contributed by atoms with Gasteiger partial charge in [0.05, 0.1) is 0 Å². The molecule has 1 aliphatic carbocycles. The first kappa shape index (κ1) is 24.4. The summed E-state index contributed by atoms with van der Waals surface area (Å²) in [5, 5.41) is 12.0. The van der Waals surface area contributed by atoms with E-state index in [1.807, 2.05) is 36.4 Å². The molecule has 1 amide bonds. The lowest BCUT2D eigenvalue weighted by Gasteiger charge is -2.23. The van der Waals surface area contributed by atoms with E-state index in [0.29, 0.717) is 24.8 Å². The molecule has 0 radical (unpaired) electrons. The van der Waals surface area contributed by atoms with Crippen LogP contribution in [0.15, 0.2) is 36.4 Å². The topological polar surface area (TPSA) is 78.9 Å². The van der Waals surface area contributed by atoms with Gasteiger partial charge in [-0.25, -0.2) is 9.59 Å². The second-order valence-corrected chi connectivity index (χ2v) is 8.04. The van der Waals surface area contributed by atoms with E-state index < -0.39 is 18.1 Å². The Balaban J connectivity index is 1.95. The number of carbonyl (C=O) groups excluding carboxylic acids is 1. The Hall–Kier alpha value is -1.92. The number of halogens is 2. The lowest BCUT2D eigenvalue weighted by atomic mass is 10.0. The number of anilines is 1. The van der Waals surface area contributed by atoms with Crippen molar-refractivity contribution in [2.45, 2.75) is 50.7 Å². The highest BCUT2D eigenvalue weighted by atomic mass is 35.5. The fraction of sp³-hybridized carbons (Fsp3) is 0.545. The molecule has 2 N–H and O–H groups in total. The average Bonchev–Trinajstić information content (AvgIpc) is 2.70. The van der Waals surface area contributed by atoms with Crippen LogP contribution in [-0.4, -0.2) is 54.2 Å². The SMILES string of the molecule is O=C(N[C@@H](Cc1ccc(N(CCCl)CCCl)cc1)C(=O)O)OC1/C=C/CCCCC1. The maximum absolute atomic E-state index is 12.2. The number of ether oxygens (including phenoxy) is 1. The number of hydrogen-bond acceptors (Lipinski definition) is 4. The minimum Gasteiger partial charge on any atom is -0.480 e. The van der Waals surface area contributed by atoms with Gasteiger partial charge in [-0.05, 0) is 49.5 Å². The Morgan fingerprint density at radius 2 is 1.83 bits per heavy atom. The van der Waals surface area contributed by atoms with Crippen LogP contribution in [0.25, 0.3) is 0 Å². The number of carboxylic acids is 1. The zero-order valence-corrected chi connectivity index (χ0v) is 18.6. The molecule has 166 valence electrons. The van der Waals surface area contributed by atoms with Crippen LogP contribution in [0, 0.1) is 0 Å². The molecule has 6 nitrogen and oxygen atoms in total. The van der Waals surface area contributed by atoms with Gasteiger partial charge in [0.25, 0.3) is 0 Å². The van der Waals surface area contributed by atoms with Crippen molar-refractivity contribution in [1.29, 1.82) is 0 Å². The molecule has 0 aromatic heterocycles. The number of amides is 1. The molecule has 1 aromatic rings. The van der Waals surface area contributed by atoms with Crippen molar-refractivity contribution < 1.29 is 19.4 Å². The number of carboxylic acid groups (broad SMARTS) is 1. The second kappa shape index (κ2) is 13.4. The molecule has 1 aliphatic rings. The fourth-order valence-corrected chi connectivity index (χ4v) is 3.80.